The van der Waals surface area contributed by atoms with Crippen LogP contribution in [0, 0.1) is 0 Å². The largest absolute Gasteiger partial charge is 0.399 e. The topological polar surface area (TPSA) is 84.0 Å². The number of nitrogens with zero attached hydrogens (tertiary/aromatic N) is 4. The van der Waals surface area contributed by atoms with E-state index in [2.05, 4.69) is 38.1 Å². The van der Waals surface area contributed by atoms with Gasteiger partial charge in [0.25, 0.3) is 0 Å². The van der Waals surface area contributed by atoms with E-state index in [1.807, 2.05) is 31.5 Å². The van der Waals surface area contributed by atoms with Crippen LogP contribution in [0.1, 0.15) is 49.4 Å². The molecule has 1 aliphatic carbocycles. The summed E-state index contributed by atoms with van der Waals surface area (Å²) in [4.78, 5) is 14.2. The first-order valence-electron chi connectivity index (χ1n) is 11.0. The van der Waals surface area contributed by atoms with E-state index in [0.29, 0.717) is 0 Å². The number of thiazole rings is 1. The van der Waals surface area contributed by atoms with Gasteiger partial charge in [0, 0.05) is 30.1 Å². The Labute approximate surface area is 190 Å². The summed E-state index contributed by atoms with van der Waals surface area (Å²) in [5, 5.41) is 18.6. The van der Waals surface area contributed by atoms with Crippen molar-refractivity contribution in [2.24, 2.45) is 5.16 Å². The summed E-state index contributed by atoms with van der Waals surface area (Å²) in [5.74, 6) is 0. The molecule has 3 aromatic heterocycles. The van der Waals surface area contributed by atoms with Gasteiger partial charge in [-0.05, 0) is 49.6 Å². The summed E-state index contributed by atoms with van der Waals surface area (Å²) in [6, 6.07) is 10.6. The number of aromatic nitrogens is 3. The number of rotatable bonds is 6. The molecule has 0 unspecified atom stereocenters. The molecular formula is C24H27N5O2S. The lowest BCUT2D eigenvalue weighted by Gasteiger charge is -2.27. The Balaban J connectivity index is 1.36. The van der Waals surface area contributed by atoms with Crippen LogP contribution in [0.25, 0.3) is 15.9 Å². The third-order valence-corrected chi connectivity index (χ3v) is 7.06. The Morgan fingerprint density at radius 1 is 1.28 bits per heavy atom. The highest BCUT2D eigenvalue weighted by atomic mass is 32.1. The van der Waals surface area contributed by atoms with Crippen LogP contribution in [0.4, 0.5) is 5.13 Å². The van der Waals surface area contributed by atoms with Crippen molar-refractivity contribution < 1.29 is 9.94 Å². The maximum absolute atomic E-state index is 10.2. The van der Waals surface area contributed by atoms with Gasteiger partial charge >= 0.3 is 0 Å². The minimum absolute atomic E-state index is 0.101. The monoisotopic (exact) mass is 449 g/mol. The second kappa shape index (κ2) is 8.88. The summed E-state index contributed by atoms with van der Waals surface area (Å²) < 4.78 is 3.26. The van der Waals surface area contributed by atoms with Gasteiger partial charge in [-0.15, -0.1) is 0 Å². The minimum atomic E-state index is -0.286. The predicted molar refractivity (Wildman–Crippen MR) is 129 cm³/mol. The predicted octanol–water partition coefficient (Wildman–Crippen LogP) is 4.62. The molecule has 0 amide bonds. The van der Waals surface area contributed by atoms with Gasteiger partial charge < -0.3 is 19.7 Å². The maximum atomic E-state index is 10.2. The van der Waals surface area contributed by atoms with Gasteiger partial charge in [0.15, 0.2) is 5.13 Å². The molecule has 0 radical (unpaired) electrons. The summed E-state index contributed by atoms with van der Waals surface area (Å²) in [7, 11) is 1.55. The summed E-state index contributed by atoms with van der Waals surface area (Å²) in [5.41, 5.74) is 6.03. The highest BCUT2D eigenvalue weighted by molar-refractivity contribution is 7.22. The first-order valence-corrected chi connectivity index (χ1v) is 11.8. The van der Waals surface area contributed by atoms with E-state index in [1.54, 1.807) is 18.4 Å². The molecule has 2 atom stereocenters. The summed E-state index contributed by atoms with van der Waals surface area (Å²) in [6.45, 7) is 1.92. The number of aliphatic hydroxyl groups excluding tert-OH is 1. The Bertz CT molecular complexity index is 1280. The molecule has 2 N–H and O–H groups in total. The number of fused-ring (bicyclic) bond motifs is 2. The number of imidazole rings is 1. The normalized spacial score (nSPS) is 19.5. The SMILES string of the molecule is CON=C(C)c1ccn2c(Cc3ccc4nc(N[C@@H]5CCCC[C@H]5O)sc4c3)cnc2c1. The number of anilines is 1. The molecule has 166 valence electrons. The first-order chi connectivity index (χ1) is 15.6. The zero-order valence-corrected chi connectivity index (χ0v) is 19.1. The molecule has 5 rings (SSSR count). The van der Waals surface area contributed by atoms with Crippen LogP contribution in [-0.4, -0.2) is 44.4 Å². The van der Waals surface area contributed by atoms with Crippen LogP contribution in [0.5, 0.6) is 0 Å². The van der Waals surface area contributed by atoms with Crippen LogP contribution in [-0.2, 0) is 11.3 Å². The molecular weight excluding hydrogens is 422 g/mol. The highest BCUT2D eigenvalue weighted by Crippen LogP contribution is 2.30. The van der Waals surface area contributed by atoms with Crippen molar-refractivity contribution in [1.82, 2.24) is 14.4 Å². The minimum Gasteiger partial charge on any atom is -0.399 e. The molecule has 0 aliphatic heterocycles. The van der Waals surface area contributed by atoms with Crippen molar-refractivity contribution in [3.05, 3.63) is 59.5 Å². The molecule has 3 heterocycles. The third kappa shape index (κ3) is 4.20. The van der Waals surface area contributed by atoms with Crippen LogP contribution >= 0.6 is 11.3 Å². The molecule has 8 heteroatoms. The van der Waals surface area contributed by atoms with E-state index in [0.717, 1.165) is 70.1 Å². The average molecular weight is 450 g/mol. The van der Waals surface area contributed by atoms with E-state index < -0.39 is 0 Å². The maximum Gasteiger partial charge on any atom is 0.184 e. The van der Waals surface area contributed by atoms with E-state index in [9.17, 15) is 5.11 Å². The van der Waals surface area contributed by atoms with Gasteiger partial charge in [-0.25, -0.2) is 9.97 Å². The Morgan fingerprint density at radius 3 is 3.00 bits per heavy atom. The molecule has 0 saturated heterocycles. The molecule has 7 nitrogen and oxygen atoms in total. The van der Waals surface area contributed by atoms with Crippen molar-refractivity contribution >= 4 is 38.0 Å². The van der Waals surface area contributed by atoms with Gasteiger partial charge in [-0.3, -0.25) is 0 Å². The van der Waals surface area contributed by atoms with Crippen molar-refractivity contribution in [2.45, 2.75) is 51.2 Å². The number of hydrogen-bond acceptors (Lipinski definition) is 7. The molecule has 0 bridgehead atoms. The fourth-order valence-electron chi connectivity index (χ4n) is 4.37. The average Bonchev–Trinajstić information content (AvgIpc) is 3.38. The second-order valence-electron chi connectivity index (χ2n) is 8.35. The molecule has 1 aromatic carbocycles. The molecule has 4 aromatic rings. The van der Waals surface area contributed by atoms with Gasteiger partial charge in [0.1, 0.15) is 12.8 Å². The molecule has 32 heavy (non-hydrogen) atoms. The Kier molecular flexibility index (Phi) is 5.80. The molecule has 1 aliphatic rings. The van der Waals surface area contributed by atoms with Gasteiger partial charge in [-0.1, -0.05) is 35.4 Å². The van der Waals surface area contributed by atoms with Crippen molar-refractivity contribution in [3.63, 3.8) is 0 Å². The second-order valence-corrected chi connectivity index (χ2v) is 9.38. The first kappa shape index (κ1) is 20.9. The van der Waals surface area contributed by atoms with E-state index in [1.165, 1.54) is 5.56 Å². The zero-order valence-electron chi connectivity index (χ0n) is 18.3. The number of oxime groups is 1. The lowest BCUT2D eigenvalue weighted by atomic mass is 9.93. The lowest BCUT2D eigenvalue weighted by molar-refractivity contribution is 0.116. The fourth-order valence-corrected chi connectivity index (χ4v) is 5.36. The fraction of sp³-hybridized carbons (Fsp3) is 0.375. The molecule has 1 fully saturated rings. The van der Waals surface area contributed by atoms with E-state index in [4.69, 9.17) is 9.82 Å². The highest BCUT2D eigenvalue weighted by Gasteiger charge is 2.23. The van der Waals surface area contributed by atoms with Gasteiger partial charge in [0.2, 0.25) is 0 Å². The number of aliphatic hydroxyl groups is 1. The number of hydrogen-bond donors (Lipinski definition) is 2. The van der Waals surface area contributed by atoms with E-state index in [-0.39, 0.29) is 12.1 Å². The van der Waals surface area contributed by atoms with Crippen LogP contribution in [0.15, 0.2) is 47.9 Å². The lowest BCUT2D eigenvalue weighted by Crippen LogP contribution is -2.36. The standard InChI is InChI=1S/C24H27N5O2S/c1-15(28-31-2)17-9-10-29-18(14-25-23(29)13-17)11-16-7-8-20-22(12-16)32-24(27-20)26-19-5-3-4-6-21(19)30/h7-10,12-14,19,21,30H,3-6,11H2,1-2H3,(H,26,27)/t19-,21-/m1/s1. The van der Waals surface area contributed by atoms with Gasteiger partial charge in [0.05, 0.1) is 28.1 Å². The van der Waals surface area contributed by atoms with Crippen molar-refractivity contribution in [2.75, 3.05) is 12.4 Å². The number of nitrogens with one attached hydrogen (secondary N) is 1. The molecule has 0 spiro atoms. The van der Waals surface area contributed by atoms with E-state index >= 15 is 0 Å². The van der Waals surface area contributed by atoms with Crippen LogP contribution in [0.2, 0.25) is 0 Å². The summed E-state index contributed by atoms with van der Waals surface area (Å²) in [6.07, 6.45) is 8.58. The van der Waals surface area contributed by atoms with Crippen LogP contribution < -0.4 is 5.32 Å². The van der Waals surface area contributed by atoms with Crippen molar-refractivity contribution in [3.8, 4) is 0 Å². The quantitative estimate of drug-likeness (QED) is 0.331. The van der Waals surface area contributed by atoms with Gasteiger partial charge in [-0.2, -0.15) is 0 Å². The Morgan fingerprint density at radius 2 is 2.16 bits per heavy atom. The number of benzene rings is 1. The zero-order chi connectivity index (χ0) is 22.1. The third-order valence-electron chi connectivity index (χ3n) is 6.11. The number of pyridine rings is 1. The Hall–Kier alpha value is -2.97. The smallest absolute Gasteiger partial charge is 0.184 e. The summed E-state index contributed by atoms with van der Waals surface area (Å²) >= 11 is 1.65. The molecule has 1 saturated carbocycles. The van der Waals surface area contributed by atoms with Crippen molar-refractivity contribution in [1.29, 1.82) is 0 Å². The van der Waals surface area contributed by atoms with Crippen LogP contribution in [0.3, 0.4) is 0 Å².